The molecule has 0 aromatic rings. The second-order valence-electron chi connectivity index (χ2n) is 12.6. The molecular formula is C27H47O15+. The molecule has 3 aliphatic heterocycles. The highest BCUT2D eigenvalue weighted by Gasteiger charge is 2.55. The van der Waals surface area contributed by atoms with Crippen molar-refractivity contribution in [2.24, 2.45) is 11.8 Å². The number of fused-ring (bicyclic) bond motifs is 1. The first-order chi connectivity index (χ1) is 20.0. The van der Waals surface area contributed by atoms with Crippen LogP contribution in [0.4, 0.5) is 0 Å². The van der Waals surface area contributed by atoms with Crippen LogP contribution in [0.1, 0.15) is 44.9 Å². The van der Waals surface area contributed by atoms with Gasteiger partial charge >= 0.3 is 0 Å². The monoisotopic (exact) mass is 611 g/mol. The number of aliphatic hydroxyl groups excluding tert-OH is 10. The van der Waals surface area contributed by atoms with Gasteiger partial charge in [0.05, 0.1) is 31.5 Å². The quantitative estimate of drug-likeness (QED) is 0.122. The highest BCUT2D eigenvalue weighted by Crippen LogP contribution is 2.42. The third-order valence-corrected chi connectivity index (χ3v) is 9.79. The van der Waals surface area contributed by atoms with E-state index in [-0.39, 0.29) is 24.4 Å². The summed E-state index contributed by atoms with van der Waals surface area (Å²) in [4.78, 5) is 0. The minimum Gasteiger partial charge on any atom is -0.427 e. The summed E-state index contributed by atoms with van der Waals surface area (Å²) in [6.07, 6.45) is -15.5. The fraction of sp³-hybridized carbons (Fsp3) is 1.00. The molecule has 0 spiro atoms. The number of aliphatic hydroxyl groups is 12. The van der Waals surface area contributed by atoms with Crippen molar-refractivity contribution in [2.45, 2.75) is 143 Å². The van der Waals surface area contributed by atoms with Crippen molar-refractivity contribution in [3.8, 4) is 0 Å². The summed E-state index contributed by atoms with van der Waals surface area (Å²) in [6.45, 7) is -1.35. The molecule has 3 heterocycles. The minimum atomic E-state index is -1.79. The van der Waals surface area contributed by atoms with Crippen LogP contribution >= 0.6 is 0 Å². The van der Waals surface area contributed by atoms with E-state index in [0.717, 1.165) is 0 Å². The number of hydrogen-bond acceptors (Lipinski definition) is 14. The Morgan fingerprint density at radius 2 is 1.24 bits per heavy atom. The first-order valence-corrected chi connectivity index (χ1v) is 15.0. The van der Waals surface area contributed by atoms with Gasteiger partial charge in [0.15, 0.2) is 24.8 Å². The van der Waals surface area contributed by atoms with E-state index in [1.807, 2.05) is 0 Å². The smallest absolute Gasteiger partial charge is 0.187 e. The second-order valence-corrected chi connectivity index (χ2v) is 12.6. The van der Waals surface area contributed by atoms with E-state index in [1.165, 1.54) is 0 Å². The van der Waals surface area contributed by atoms with Gasteiger partial charge in [0, 0.05) is 18.3 Å². The van der Waals surface area contributed by atoms with Crippen LogP contribution in [-0.2, 0) is 18.9 Å². The maximum atomic E-state index is 11.0. The Hall–Kier alpha value is -0.600. The highest BCUT2D eigenvalue weighted by atomic mass is 16.8. The lowest BCUT2D eigenvalue weighted by Crippen LogP contribution is -2.65. The largest absolute Gasteiger partial charge is 0.427 e. The number of ether oxygens (including phenoxy) is 5. The molecule has 2 aliphatic carbocycles. The molecule has 0 amide bonds. The van der Waals surface area contributed by atoms with Crippen LogP contribution in [-0.4, -0.2) is 167 Å². The van der Waals surface area contributed by atoms with Crippen molar-refractivity contribution >= 4 is 0 Å². The Morgan fingerprint density at radius 1 is 0.595 bits per heavy atom. The number of hydrogen-bond donors (Lipinski definition) is 10. The van der Waals surface area contributed by atoms with Gasteiger partial charge in [-0.3, -0.25) is 0 Å². The van der Waals surface area contributed by atoms with E-state index in [0.29, 0.717) is 38.5 Å². The molecule has 0 aromatic carbocycles. The van der Waals surface area contributed by atoms with Crippen LogP contribution in [0, 0.1) is 11.8 Å². The third-order valence-electron chi connectivity index (χ3n) is 9.79. The predicted octanol–water partition coefficient (Wildman–Crippen LogP) is -4.65. The van der Waals surface area contributed by atoms with Crippen molar-refractivity contribution in [1.82, 2.24) is 0 Å². The van der Waals surface area contributed by atoms with E-state index < -0.39 is 105 Å². The Morgan fingerprint density at radius 3 is 1.90 bits per heavy atom. The average Bonchev–Trinajstić information content (AvgIpc) is 2.97. The fourth-order valence-electron chi connectivity index (χ4n) is 7.25. The van der Waals surface area contributed by atoms with Crippen molar-refractivity contribution in [1.29, 1.82) is 0 Å². The zero-order valence-electron chi connectivity index (χ0n) is 23.3. The Labute approximate surface area is 243 Å². The molecule has 15 nitrogen and oxygen atoms in total. The molecule has 42 heavy (non-hydrogen) atoms. The van der Waals surface area contributed by atoms with E-state index >= 15 is 0 Å². The normalized spacial score (nSPS) is 53.9. The van der Waals surface area contributed by atoms with Gasteiger partial charge in [-0.05, 0) is 38.5 Å². The van der Waals surface area contributed by atoms with Gasteiger partial charge < -0.3 is 74.7 Å². The van der Waals surface area contributed by atoms with Gasteiger partial charge in [0.1, 0.15) is 54.9 Å². The molecular weight excluding hydrogens is 564 g/mol. The third kappa shape index (κ3) is 6.66. The van der Waals surface area contributed by atoms with E-state index in [1.54, 1.807) is 0 Å². The molecule has 18 unspecified atom stereocenters. The van der Waals surface area contributed by atoms with Crippen LogP contribution in [0.25, 0.3) is 0 Å². The van der Waals surface area contributed by atoms with E-state index in [9.17, 15) is 51.1 Å². The summed E-state index contributed by atoms with van der Waals surface area (Å²) < 4.78 is 28.6. The van der Waals surface area contributed by atoms with Crippen molar-refractivity contribution in [2.75, 3.05) is 13.2 Å². The lowest BCUT2D eigenvalue weighted by molar-refractivity contribution is -0.385. The molecule has 0 aromatic heterocycles. The van der Waals surface area contributed by atoms with Gasteiger partial charge in [-0.1, -0.05) is 0 Å². The van der Waals surface area contributed by atoms with Crippen LogP contribution < -0.4 is 0 Å². The summed E-state index contributed by atoms with van der Waals surface area (Å²) in [5.41, 5.74) is 0. The second kappa shape index (κ2) is 13.8. The van der Waals surface area contributed by atoms with Crippen LogP contribution in [0.3, 0.4) is 0 Å². The first kappa shape index (κ1) is 32.8. The van der Waals surface area contributed by atoms with Crippen molar-refractivity contribution in [3.05, 3.63) is 0 Å². The molecule has 5 rings (SSSR count). The molecule has 18 atom stereocenters. The maximum absolute atomic E-state index is 11.0. The summed E-state index contributed by atoms with van der Waals surface area (Å²) in [6, 6.07) is 0. The zero-order valence-corrected chi connectivity index (χ0v) is 23.3. The standard InChI is InChI=1S/C27H46O15/c28-8-17-19(33)21(35)23(37)26(40-17)42-25-22(36)20(34)18(9-29)41-27(25)39-16-6-10-1-3-12(30)7-15(10)38-24(16)11-2-4-13(31)14(32)5-11/h10-37H,1-9H2/p+1. The molecule has 5 aliphatic rings. The van der Waals surface area contributed by atoms with E-state index in [2.05, 4.69) is 0 Å². The van der Waals surface area contributed by atoms with Crippen molar-refractivity contribution < 1.29 is 74.7 Å². The van der Waals surface area contributed by atoms with Crippen LogP contribution in [0.5, 0.6) is 0 Å². The lowest BCUT2D eigenvalue weighted by Gasteiger charge is -2.49. The van der Waals surface area contributed by atoms with Gasteiger partial charge in [-0.2, -0.15) is 0 Å². The van der Waals surface area contributed by atoms with Gasteiger partial charge in [0.25, 0.3) is 0 Å². The summed E-state index contributed by atoms with van der Waals surface area (Å²) >= 11 is 0. The maximum Gasteiger partial charge on any atom is 0.187 e. The van der Waals surface area contributed by atoms with Gasteiger partial charge in [-0.25, -0.2) is 0 Å². The molecule has 0 radical (unpaired) electrons. The molecule has 244 valence electrons. The Kier molecular flexibility index (Phi) is 10.8. The van der Waals surface area contributed by atoms with Crippen LogP contribution in [0.2, 0.25) is 0 Å². The molecule has 2 saturated carbocycles. The highest BCUT2D eigenvalue weighted by molar-refractivity contribution is 4.97. The van der Waals surface area contributed by atoms with Crippen molar-refractivity contribution in [3.63, 3.8) is 0 Å². The SMILES string of the molecule is OCC1OC(OC2C(OC3CC4CCC(O)CC4[OH+]C3C3CCC(O)C(O)C3)OC(CO)C(O)C2O)C(O)C(O)C1O. The van der Waals surface area contributed by atoms with Crippen LogP contribution in [0.15, 0.2) is 0 Å². The van der Waals surface area contributed by atoms with Gasteiger partial charge in [-0.15, -0.1) is 0 Å². The summed E-state index contributed by atoms with van der Waals surface area (Å²) in [5, 5.41) is 103. The molecule has 15 heteroatoms. The first-order valence-electron chi connectivity index (χ1n) is 15.0. The lowest BCUT2D eigenvalue weighted by atomic mass is 9.73. The number of rotatable bonds is 7. The molecule has 5 fully saturated rings. The van der Waals surface area contributed by atoms with E-state index in [4.69, 9.17) is 23.7 Å². The average molecular weight is 612 g/mol. The molecule has 0 bridgehead atoms. The Balaban J connectivity index is 1.38. The van der Waals surface area contributed by atoms with Gasteiger partial charge in [0.2, 0.25) is 0 Å². The topological polar surface area (TPSA) is 252 Å². The predicted molar refractivity (Wildman–Crippen MR) is 138 cm³/mol. The fourth-order valence-corrected chi connectivity index (χ4v) is 7.25. The Bertz CT molecular complexity index is 865. The minimum absolute atomic E-state index is 0.0892. The molecule has 11 N–H and O–H groups in total. The molecule has 3 saturated heterocycles. The summed E-state index contributed by atoms with van der Waals surface area (Å²) in [7, 11) is 0. The summed E-state index contributed by atoms with van der Waals surface area (Å²) in [5.74, 6) is -0.0720. The zero-order chi connectivity index (χ0) is 30.3.